The Kier molecular flexibility index (Phi) is 5.76. The molecule has 5 heteroatoms. The van der Waals surface area contributed by atoms with Crippen molar-refractivity contribution in [3.05, 3.63) is 34.9 Å². The molecular weight excluding hydrogens is 280 g/mol. The highest BCUT2D eigenvalue weighted by atomic mass is 35.5. The van der Waals surface area contributed by atoms with Crippen molar-refractivity contribution in [1.29, 1.82) is 0 Å². The van der Waals surface area contributed by atoms with E-state index in [4.69, 9.17) is 23.8 Å². The maximum absolute atomic E-state index is 11.7. The number of aryl methyl sites for hydroxylation is 1. The van der Waals surface area contributed by atoms with Gasteiger partial charge in [0.15, 0.2) is 5.11 Å². The molecule has 0 aliphatic rings. The van der Waals surface area contributed by atoms with E-state index in [2.05, 4.69) is 10.6 Å². The number of thiocarbonyl (C=S) groups is 1. The summed E-state index contributed by atoms with van der Waals surface area (Å²) in [5.41, 5.74) is 0.807. The molecule has 0 unspecified atom stereocenters. The van der Waals surface area contributed by atoms with Crippen LogP contribution in [0.15, 0.2) is 24.3 Å². The average molecular weight is 299 g/mol. The molecule has 104 valence electrons. The smallest absolute Gasteiger partial charge is 0.226 e. The number of nitrogens with one attached hydrogen (secondary N) is 2. The van der Waals surface area contributed by atoms with E-state index >= 15 is 0 Å². The molecule has 1 aromatic rings. The molecule has 2 N–H and O–H groups in total. The summed E-state index contributed by atoms with van der Waals surface area (Å²) in [4.78, 5) is 11.7. The molecule has 3 nitrogen and oxygen atoms in total. The maximum atomic E-state index is 11.7. The third-order valence-electron chi connectivity index (χ3n) is 2.32. The first-order chi connectivity index (χ1) is 8.78. The lowest BCUT2D eigenvalue weighted by atomic mass is 10.1. The summed E-state index contributed by atoms with van der Waals surface area (Å²) in [6.45, 7) is 5.94. The maximum Gasteiger partial charge on any atom is 0.226 e. The summed E-state index contributed by atoms with van der Waals surface area (Å²) in [7, 11) is 0. The van der Waals surface area contributed by atoms with E-state index in [-0.39, 0.29) is 11.4 Å². The Labute approximate surface area is 124 Å². The predicted octanol–water partition coefficient (Wildman–Crippen LogP) is 3.06. The number of hydrogen-bond donors (Lipinski definition) is 2. The summed E-state index contributed by atoms with van der Waals surface area (Å²) in [5, 5.41) is 6.74. The van der Waals surface area contributed by atoms with Gasteiger partial charge in [0, 0.05) is 17.0 Å². The number of rotatable bonds is 3. The fourth-order valence-corrected chi connectivity index (χ4v) is 2.16. The minimum atomic E-state index is -0.160. The van der Waals surface area contributed by atoms with Gasteiger partial charge in [-0.3, -0.25) is 4.79 Å². The van der Waals surface area contributed by atoms with Gasteiger partial charge >= 0.3 is 0 Å². The van der Waals surface area contributed by atoms with Crippen molar-refractivity contribution < 1.29 is 4.79 Å². The first kappa shape index (κ1) is 15.9. The molecule has 0 radical (unpaired) electrons. The lowest BCUT2D eigenvalue weighted by Gasteiger charge is -2.22. The molecule has 0 bridgehead atoms. The van der Waals surface area contributed by atoms with Crippen LogP contribution in [0, 0.1) is 0 Å². The molecule has 0 aliphatic heterocycles. The van der Waals surface area contributed by atoms with Crippen LogP contribution in [0.1, 0.15) is 32.8 Å². The molecule has 0 atom stereocenters. The molecule has 0 saturated heterocycles. The van der Waals surface area contributed by atoms with Gasteiger partial charge < -0.3 is 10.6 Å². The molecule has 1 rings (SSSR count). The van der Waals surface area contributed by atoms with E-state index < -0.39 is 0 Å². The number of benzene rings is 1. The average Bonchev–Trinajstić information content (AvgIpc) is 2.25. The van der Waals surface area contributed by atoms with E-state index in [9.17, 15) is 4.79 Å². The van der Waals surface area contributed by atoms with Crippen LogP contribution in [0.3, 0.4) is 0 Å². The Morgan fingerprint density at radius 2 is 1.95 bits per heavy atom. The van der Waals surface area contributed by atoms with Gasteiger partial charge in [-0.25, -0.2) is 0 Å². The first-order valence-electron chi connectivity index (χ1n) is 6.13. The molecule has 1 aromatic carbocycles. The van der Waals surface area contributed by atoms with Crippen molar-refractivity contribution in [3.63, 3.8) is 0 Å². The Morgan fingerprint density at radius 1 is 1.32 bits per heavy atom. The van der Waals surface area contributed by atoms with Crippen LogP contribution in [0.4, 0.5) is 0 Å². The third kappa shape index (κ3) is 6.55. The summed E-state index contributed by atoms with van der Waals surface area (Å²) in [5.74, 6) is -0.110. The molecule has 0 aliphatic carbocycles. The van der Waals surface area contributed by atoms with Gasteiger partial charge in [-0.2, -0.15) is 0 Å². The minimum absolute atomic E-state index is 0.110. The lowest BCUT2D eigenvalue weighted by molar-refractivity contribution is -0.119. The highest BCUT2D eigenvalue weighted by Crippen LogP contribution is 2.16. The van der Waals surface area contributed by atoms with Gasteiger partial charge in [0.25, 0.3) is 0 Å². The van der Waals surface area contributed by atoms with Crippen molar-refractivity contribution in [2.45, 2.75) is 39.2 Å². The molecule has 0 heterocycles. The Morgan fingerprint density at radius 3 is 2.53 bits per heavy atom. The second kappa shape index (κ2) is 6.87. The monoisotopic (exact) mass is 298 g/mol. The van der Waals surface area contributed by atoms with Crippen LogP contribution in [0.25, 0.3) is 0 Å². The number of carbonyl (C=O) groups is 1. The number of hydrogen-bond acceptors (Lipinski definition) is 2. The van der Waals surface area contributed by atoms with E-state index in [1.807, 2.05) is 45.0 Å². The minimum Gasteiger partial charge on any atom is -0.358 e. The highest BCUT2D eigenvalue weighted by molar-refractivity contribution is 7.80. The summed E-state index contributed by atoms with van der Waals surface area (Å²) >= 11 is 11.1. The Bertz CT molecular complexity index is 469. The largest absolute Gasteiger partial charge is 0.358 e. The number of carbonyl (C=O) groups excluding carboxylic acids is 1. The van der Waals surface area contributed by atoms with Crippen molar-refractivity contribution in [3.8, 4) is 0 Å². The zero-order valence-corrected chi connectivity index (χ0v) is 13.0. The van der Waals surface area contributed by atoms with Gasteiger partial charge in [-0.05, 0) is 51.0 Å². The van der Waals surface area contributed by atoms with E-state index in [0.29, 0.717) is 23.0 Å². The van der Waals surface area contributed by atoms with Crippen molar-refractivity contribution >= 4 is 34.8 Å². The van der Waals surface area contributed by atoms with Crippen LogP contribution < -0.4 is 10.6 Å². The van der Waals surface area contributed by atoms with E-state index in [1.165, 1.54) is 0 Å². The second-order valence-electron chi connectivity index (χ2n) is 5.34. The van der Waals surface area contributed by atoms with Crippen LogP contribution in [-0.2, 0) is 11.2 Å². The molecule has 0 fully saturated rings. The fourth-order valence-electron chi connectivity index (χ4n) is 1.51. The summed E-state index contributed by atoms with van der Waals surface area (Å²) in [6, 6.07) is 7.51. The molecule has 0 aromatic heterocycles. The van der Waals surface area contributed by atoms with Gasteiger partial charge in [0.2, 0.25) is 5.91 Å². The second-order valence-corrected chi connectivity index (χ2v) is 6.16. The summed E-state index contributed by atoms with van der Waals surface area (Å²) < 4.78 is 0. The molecule has 0 spiro atoms. The van der Waals surface area contributed by atoms with Crippen LogP contribution in [-0.4, -0.2) is 16.6 Å². The Hall–Kier alpha value is -1.13. The zero-order valence-electron chi connectivity index (χ0n) is 11.4. The van der Waals surface area contributed by atoms with Crippen LogP contribution in [0.5, 0.6) is 0 Å². The van der Waals surface area contributed by atoms with Crippen molar-refractivity contribution in [2.75, 3.05) is 0 Å². The zero-order chi connectivity index (χ0) is 14.5. The lowest BCUT2D eigenvalue weighted by Crippen LogP contribution is -2.48. The summed E-state index contributed by atoms with van der Waals surface area (Å²) in [6.07, 6.45) is 0.958. The van der Waals surface area contributed by atoms with Crippen molar-refractivity contribution in [2.24, 2.45) is 0 Å². The number of amides is 1. The van der Waals surface area contributed by atoms with E-state index in [1.54, 1.807) is 0 Å². The first-order valence-corrected chi connectivity index (χ1v) is 6.92. The SMILES string of the molecule is CC(C)(C)NC(=S)NC(=O)CCc1ccccc1Cl. The molecule has 1 amide bonds. The Balaban J connectivity index is 2.40. The van der Waals surface area contributed by atoms with Gasteiger partial charge in [0.05, 0.1) is 0 Å². The quantitative estimate of drug-likeness (QED) is 0.843. The van der Waals surface area contributed by atoms with Crippen molar-refractivity contribution in [1.82, 2.24) is 10.6 Å². The predicted molar refractivity (Wildman–Crippen MR) is 83.4 cm³/mol. The van der Waals surface area contributed by atoms with Crippen LogP contribution >= 0.6 is 23.8 Å². The van der Waals surface area contributed by atoms with Crippen LogP contribution in [0.2, 0.25) is 5.02 Å². The van der Waals surface area contributed by atoms with Gasteiger partial charge in [0.1, 0.15) is 0 Å². The fraction of sp³-hybridized carbons (Fsp3) is 0.429. The topological polar surface area (TPSA) is 41.1 Å². The standard InChI is InChI=1S/C14H19ClN2OS/c1-14(2,3)17-13(19)16-12(18)9-8-10-6-4-5-7-11(10)15/h4-7H,8-9H2,1-3H3,(H2,16,17,18,19). The third-order valence-corrected chi connectivity index (χ3v) is 2.89. The highest BCUT2D eigenvalue weighted by Gasteiger charge is 2.13. The molecule has 19 heavy (non-hydrogen) atoms. The van der Waals surface area contributed by atoms with Gasteiger partial charge in [-0.15, -0.1) is 0 Å². The normalized spacial score (nSPS) is 10.9. The molecule has 0 saturated carbocycles. The number of halogens is 1. The van der Waals surface area contributed by atoms with Gasteiger partial charge in [-0.1, -0.05) is 29.8 Å². The molecular formula is C14H19ClN2OS. The van der Waals surface area contributed by atoms with E-state index in [0.717, 1.165) is 5.56 Å².